The van der Waals surface area contributed by atoms with E-state index in [1.165, 1.54) is 60.6 Å². The maximum absolute atomic E-state index is 13.3. The molecule has 1 saturated carbocycles. The van der Waals surface area contributed by atoms with Crippen LogP contribution in [0.5, 0.6) is 0 Å². The van der Waals surface area contributed by atoms with E-state index in [9.17, 15) is 14.4 Å². The van der Waals surface area contributed by atoms with E-state index in [-0.39, 0.29) is 17.4 Å². The highest BCUT2D eigenvalue weighted by atomic mass is 16.2. The van der Waals surface area contributed by atoms with E-state index in [0.29, 0.717) is 40.8 Å². The lowest BCUT2D eigenvalue weighted by Gasteiger charge is -2.37. The molecule has 7 nitrogen and oxygen atoms in total. The minimum absolute atomic E-state index is 0.00509. The number of anilines is 1. The Labute approximate surface area is 246 Å². The number of fused-ring (bicyclic) bond motifs is 1. The Morgan fingerprint density at radius 2 is 1.50 bits per heavy atom. The molecule has 0 radical (unpaired) electrons. The predicted molar refractivity (Wildman–Crippen MR) is 162 cm³/mol. The number of piperazine rings is 1. The highest BCUT2D eigenvalue weighted by Crippen LogP contribution is 2.32. The molecule has 1 aliphatic carbocycles. The molecule has 6 rings (SSSR count). The van der Waals surface area contributed by atoms with Crippen molar-refractivity contribution in [3.8, 4) is 0 Å². The average molecular weight is 561 g/mol. The molecule has 2 amide bonds. The van der Waals surface area contributed by atoms with Crippen LogP contribution in [0.1, 0.15) is 75.4 Å². The van der Waals surface area contributed by atoms with E-state index in [2.05, 4.69) is 46.9 Å². The van der Waals surface area contributed by atoms with Crippen molar-refractivity contribution in [3.05, 3.63) is 111 Å². The van der Waals surface area contributed by atoms with Crippen LogP contribution in [0.15, 0.2) is 82.4 Å². The molecule has 0 N–H and O–H groups in total. The molecular formula is C35H36N4O3. The molecule has 2 fully saturated rings. The first-order valence-electron chi connectivity index (χ1n) is 14.9. The molecule has 0 aromatic heterocycles. The van der Waals surface area contributed by atoms with Gasteiger partial charge < -0.3 is 9.80 Å². The van der Waals surface area contributed by atoms with Crippen molar-refractivity contribution in [1.29, 1.82) is 0 Å². The Morgan fingerprint density at radius 1 is 0.786 bits per heavy atom. The number of hydrogen-bond donors (Lipinski definition) is 0. The van der Waals surface area contributed by atoms with Gasteiger partial charge in [-0.05, 0) is 73.6 Å². The smallest absolute Gasteiger partial charge is 0.296 e. The number of allylic oxidation sites excluding steroid dienone is 1. The predicted octanol–water partition coefficient (Wildman–Crippen LogP) is 4.86. The van der Waals surface area contributed by atoms with Crippen LogP contribution in [0, 0.1) is 13.8 Å². The maximum atomic E-state index is 13.3. The second-order valence-corrected chi connectivity index (χ2v) is 11.7. The average Bonchev–Trinajstić information content (AvgIpc) is 3.02. The van der Waals surface area contributed by atoms with Crippen molar-refractivity contribution in [1.82, 2.24) is 4.90 Å². The van der Waals surface area contributed by atoms with Crippen molar-refractivity contribution < 1.29 is 14.4 Å². The second kappa shape index (κ2) is 11.8. The third kappa shape index (κ3) is 5.82. The molecule has 1 saturated heterocycles. The molecule has 7 heteroatoms. The van der Waals surface area contributed by atoms with Gasteiger partial charge in [-0.1, -0.05) is 55.7 Å². The van der Waals surface area contributed by atoms with Gasteiger partial charge in [-0.15, -0.1) is 0 Å². The van der Waals surface area contributed by atoms with Crippen molar-refractivity contribution in [2.45, 2.75) is 51.9 Å². The lowest BCUT2D eigenvalue weighted by Crippen LogP contribution is -2.49. The highest BCUT2D eigenvalue weighted by molar-refractivity contribution is 6.09. The van der Waals surface area contributed by atoms with Gasteiger partial charge in [0.25, 0.3) is 11.8 Å². The molecule has 42 heavy (non-hydrogen) atoms. The Balaban J connectivity index is 1.14. The van der Waals surface area contributed by atoms with Gasteiger partial charge in [0, 0.05) is 49.1 Å². The molecule has 0 bridgehead atoms. The van der Waals surface area contributed by atoms with Crippen LogP contribution in [0.3, 0.4) is 0 Å². The number of amides is 2. The van der Waals surface area contributed by atoms with Gasteiger partial charge in [0.05, 0.1) is 10.7 Å². The van der Waals surface area contributed by atoms with Gasteiger partial charge in [0.1, 0.15) is 5.70 Å². The summed E-state index contributed by atoms with van der Waals surface area (Å²) in [6.45, 7) is 6.93. The lowest BCUT2D eigenvalue weighted by atomic mass is 9.84. The molecule has 0 spiro atoms. The molecule has 3 aromatic rings. The van der Waals surface area contributed by atoms with E-state index in [0.717, 1.165) is 13.1 Å². The van der Waals surface area contributed by atoms with E-state index < -0.39 is 5.91 Å². The number of carbonyl (C=O) groups excluding carboxylic acids is 3. The van der Waals surface area contributed by atoms with Gasteiger partial charge in [-0.25, -0.2) is 9.98 Å². The monoisotopic (exact) mass is 560 g/mol. The van der Waals surface area contributed by atoms with E-state index >= 15 is 0 Å². The van der Waals surface area contributed by atoms with Crippen LogP contribution < -0.4 is 15.6 Å². The molecule has 214 valence electrons. The van der Waals surface area contributed by atoms with Crippen LogP contribution in [-0.2, 0) is 4.79 Å². The molecule has 3 aliphatic rings. The largest absolute Gasteiger partial charge is 0.368 e. The Hall–Kier alpha value is -4.39. The van der Waals surface area contributed by atoms with Gasteiger partial charge >= 0.3 is 0 Å². The standard InChI is InChI=1S/C35H36N4O3/c1-23-8-9-24(2)32(20-23)38-16-18-39(19-17-38)35(42)28-14-15-29-30(21-28)37-34(41)31(36-29)22-33(40)27-12-10-26(11-13-27)25-6-4-3-5-7-25/h8-15,20-22,25H,3-7,16-19H2,1-2H3/b31-22-. The zero-order chi connectivity index (χ0) is 29.2. The highest BCUT2D eigenvalue weighted by Gasteiger charge is 2.24. The van der Waals surface area contributed by atoms with Gasteiger partial charge in [0.2, 0.25) is 0 Å². The number of ketones is 1. The molecule has 2 heterocycles. The van der Waals surface area contributed by atoms with Crippen LogP contribution in [0.4, 0.5) is 5.69 Å². The first kappa shape index (κ1) is 27.8. The van der Waals surface area contributed by atoms with E-state index in [1.807, 2.05) is 29.2 Å². The number of benzene rings is 3. The number of aryl methyl sites for hydroxylation is 2. The van der Waals surface area contributed by atoms with E-state index in [4.69, 9.17) is 0 Å². The number of nitrogens with zero attached hydrogens (tertiary/aromatic N) is 4. The normalized spacial score (nSPS) is 18.3. The first-order chi connectivity index (χ1) is 20.4. The number of hydrogen-bond acceptors (Lipinski definition) is 5. The van der Waals surface area contributed by atoms with Crippen molar-refractivity contribution in [2.75, 3.05) is 31.1 Å². The second-order valence-electron chi connectivity index (χ2n) is 11.7. The fourth-order valence-corrected chi connectivity index (χ4v) is 6.23. The third-order valence-corrected chi connectivity index (χ3v) is 8.72. The van der Waals surface area contributed by atoms with Crippen molar-refractivity contribution in [3.63, 3.8) is 0 Å². The summed E-state index contributed by atoms with van der Waals surface area (Å²) >= 11 is 0. The summed E-state index contributed by atoms with van der Waals surface area (Å²) in [6.07, 6.45) is 7.47. The maximum Gasteiger partial charge on any atom is 0.296 e. The molecule has 3 aromatic carbocycles. The molecule has 2 aliphatic heterocycles. The number of carbonyl (C=O) groups is 3. The Kier molecular flexibility index (Phi) is 7.83. The zero-order valence-corrected chi connectivity index (χ0v) is 24.3. The summed E-state index contributed by atoms with van der Waals surface area (Å²) in [4.78, 5) is 51.8. The van der Waals surface area contributed by atoms with Crippen LogP contribution in [-0.4, -0.2) is 48.7 Å². The summed E-state index contributed by atoms with van der Waals surface area (Å²) in [6, 6.07) is 19.2. The van der Waals surface area contributed by atoms with E-state index in [1.54, 1.807) is 18.2 Å². The van der Waals surface area contributed by atoms with Crippen LogP contribution in [0.25, 0.3) is 0 Å². The fourth-order valence-electron chi connectivity index (χ4n) is 6.23. The summed E-state index contributed by atoms with van der Waals surface area (Å²) in [5.41, 5.74) is 5.94. The minimum atomic E-state index is -0.582. The van der Waals surface area contributed by atoms with Crippen molar-refractivity contribution in [2.24, 2.45) is 9.98 Å². The summed E-state index contributed by atoms with van der Waals surface area (Å²) in [5, 5.41) is 0.818. The minimum Gasteiger partial charge on any atom is -0.368 e. The molecular weight excluding hydrogens is 524 g/mol. The zero-order valence-electron chi connectivity index (χ0n) is 24.3. The van der Waals surface area contributed by atoms with Crippen molar-refractivity contribution >= 4 is 23.3 Å². The number of rotatable bonds is 5. The molecule has 0 atom stereocenters. The fraction of sp³-hybridized carbons (Fsp3) is 0.343. The topological polar surface area (TPSA) is 82.4 Å². The lowest BCUT2D eigenvalue weighted by molar-refractivity contribution is -0.114. The summed E-state index contributed by atoms with van der Waals surface area (Å²) in [7, 11) is 0. The van der Waals surface area contributed by atoms with Crippen LogP contribution in [0.2, 0.25) is 0 Å². The van der Waals surface area contributed by atoms with Crippen LogP contribution >= 0.6 is 0 Å². The van der Waals surface area contributed by atoms with Gasteiger partial charge in [0.15, 0.2) is 5.78 Å². The Morgan fingerprint density at radius 3 is 2.24 bits per heavy atom. The van der Waals surface area contributed by atoms with Gasteiger partial charge in [-0.2, -0.15) is 0 Å². The Bertz CT molecular complexity index is 1690. The summed E-state index contributed by atoms with van der Waals surface area (Å²) in [5.74, 6) is -0.380. The quantitative estimate of drug-likeness (QED) is 0.330. The SMILES string of the molecule is Cc1ccc(C)c(N2CCN(C(=O)c3ccc4c(c3)=NC(=O)/C(=C/C(=O)c3ccc(C5CCCCC5)cc3)N=4)CC2)c1. The third-order valence-electron chi connectivity index (χ3n) is 8.72. The van der Waals surface area contributed by atoms with Gasteiger partial charge in [-0.3, -0.25) is 14.4 Å². The first-order valence-corrected chi connectivity index (χ1v) is 14.9. The summed E-state index contributed by atoms with van der Waals surface area (Å²) < 4.78 is 0. The molecule has 0 unspecified atom stereocenters.